The molecule has 2 aromatic heterocycles. The van der Waals surface area contributed by atoms with Crippen LogP contribution >= 0.6 is 11.3 Å². The molecule has 0 radical (unpaired) electrons. The predicted molar refractivity (Wildman–Crippen MR) is 126 cm³/mol. The van der Waals surface area contributed by atoms with Crippen LogP contribution in [0.1, 0.15) is 31.7 Å². The average Bonchev–Trinajstić information content (AvgIpc) is 3.25. The first kappa shape index (κ1) is 22.2. The number of anilines is 1. The van der Waals surface area contributed by atoms with Crippen LogP contribution in [0.3, 0.4) is 0 Å². The Morgan fingerprint density at radius 2 is 2.12 bits per heavy atom. The van der Waals surface area contributed by atoms with Crippen molar-refractivity contribution in [2.75, 3.05) is 12.4 Å². The van der Waals surface area contributed by atoms with Gasteiger partial charge in [-0.25, -0.2) is 0 Å². The van der Waals surface area contributed by atoms with Gasteiger partial charge in [0.05, 0.1) is 22.0 Å². The number of para-hydroxylation sites is 1. The van der Waals surface area contributed by atoms with Crippen LogP contribution in [0.2, 0.25) is 0 Å². The van der Waals surface area contributed by atoms with Crippen LogP contribution in [-0.2, 0) is 14.8 Å². The van der Waals surface area contributed by atoms with Crippen molar-refractivity contribution in [3.8, 4) is 5.75 Å². The number of sulfonamides is 1. The fourth-order valence-electron chi connectivity index (χ4n) is 3.52. The van der Waals surface area contributed by atoms with E-state index in [9.17, 15) is 18.3 Å². The molecular formula is C21H22N4O5S2. The third-order valence-electron chi connectivity index (χ3n) is 5.20. The Morgan fingerprint density at radius 3 is 2.88 bits per heavy atom. The van der Waals surface area contributed by atoms with E-state index >= 15 is 0 Å². The van der Waals surface area contributed by atoms with E-state index in [-0.39, 0.29) is 33.8 Å². The Balaban J connectivity index is 1.80. The first-order chi connectivity index (χ1) is 15.4. The lowest BCUT2D eigenvalue weighted by Gasteiger charge is -2.19. The lowest BCUT2D eigenvalue weighted by Crippen LogP contribution is -2.31. The SMILES string of the molecule is CCC(CCC=Nn1c(=O)c(C2=NS(=O)(=O)c3ccccc3N2)c(O)c2sccc21)OC. The van der Waals surface area contributed by atoms with Crippen molar-refractivity contribution in [3.05, 3.63) is 51.6 Å². The summed E-state index contributed by atoms with van der Waals surface area (Å²) in [6, 6.07) is 7.92. The van der Waals surface area contributed by atoms with E-state index in [4.69, 9.17) is 4.74 Å². The van der Waals surface area contributed by atoms with Gasteiger partial charge in [-0.15, -0.1) is 15.7 Å². The van der Waals surface area contributed by atoms with Crippen LogP contribution in [0.25, 0.3) is 10.2 Å². The zero-order valence-electron chi connectivity index (χ0n) is 17.5. The van der Waals surface area contributed by atoms with Crippen LogP contribution in [0.4, 0.5) is 5.69 Å². The van der Waals surface area contributed by atoms with Crippen molar-refractivity contribution < 1.29 is 18.3 Å². The molecule has 168 valence electrons. The molecule has 9 nitrogen and oxygen atoms in total. The van der Waals surface area contributed by atoms with Gasteiger partial charge in [-0.1, -0.05) is 19.1 Å². The molecule has 0 saturated carbocycles. The summed E-state index contributed by atoms with van der Waals surface area (Å²) in [6.45, 7) is 2.03. The number of benzene rings is 1. The highest BCUT2D eigenvalue weighted by atomic mass is 32.2. The standard InChI is InChI=1S/C21H22N4O5S2/c1-3-13(30-2)7-6-11-22-25-15-10-12-31-19(15)18(26)17(21(25)27)20-23-14-8-4-5-9-16(14)32(28,29)24-20/h4-5,8-13,26H,3,6-7H2,1-2H3,(H,23,24). The monoisotopic (exact) mass is 474 g/mol. The summed E-state index contributed by atoms with van der Waals surface area (Å²) in [5, 5.41) is 19.7. The lowest BCUT2D eigenvalue weighted by atomic mass is 10.1. The average molecular weight is 475 g/mol. The molecule has 3 heterocycles. The molecule has 1 aliphatic rings. The molecule has 0 fully saturated rings. The maximum Gasteiger partial charge on any atom is 0.286 e. The zero-order chi connectivity index (χ0) is 22.9. The highest BCUT2D eigenvalue weighted by Gasteiger charge is 2.30. The number of thiophene rings is 1. The van der Waals surface area contributed by atoms with Crippen LogP contribution in [0.5, 0.6) is 5.75 Å². The fraction of sp³-hybridized carbons (Fsp3) is 0.286. The number of nitrogens with zero attached hydrogens (tertiary/aromatic N) is 3. The zero-order valence-corrected chi connectivity index (χ0v) is 19.1. The van der Waals surface area contributed by atoms with Gasteiger partial charge in [0.25, 0.3) is 15.6 Å². The van der Waals surface area contributed by atoms with Crippen molar-refractivity contribution in [1.29, 1.82) is 0 Å². The predicted octanol–water partition coefficient (Wildman–Crippen LogP) is 3.37. The normalized spacial score (nSPS) is 16.0. The minimum Gasteiger partial charge on any atom is -0.505 e. The maximum atomic E-state index is 13.3. The molecule has 0 spiro atoms. The number of ether oxygens (including phenoxy) is 1. The fourth-order valence-corrected chi connectivity index (χ4v) is 5.46. The summed E-state index contributed by atoms with van der Waals surface area (Å²) < 4.78 is 36.0. The highest BCUT2D eigenvalue weighted by Crippen LogP contribution is 2.34. The van der Waals surface area contributed by atoms with E-state index in [1.807, 2.05) is 6.92 Å². The number of nitrogens with one attached hydrogen (secondary N) is 1. The van der Waals surface area contributed by atoms with Gasteiger partial charge in [0, 0.05) is 13.3 Å². The molecule has 0 amide bonds. The van der Waals surface area contributed by atoms with Gasteiger partial charge in [0.15, 0.2) is 11.6 Å². The number of aromatic hydroxyl groups is 1. The molecular weight excluding hydrogens is 452 g/mol. The molecule has 1 aromatic carbocycles. The quantitative estimate of drug-likeness (QED) is 0.506. The van der Waals surface area contributed by atoms with Crippen molar-refractivity contribution >= 4 is 49.3 Å². The molecule has 1 atom stereocenters. The van der Waals surface area contributed by atoms with Crippen LogP contribution < -0.4 is 10.9 Å². The first-order valence-corrected chi connectivity index (χ1v) is 12.3. The number of aromatic nitrogens is 1. The highest BCUT2D eigenvalue weighted by molar-refractivity contribution is 7.90. The first-order valence-electron chi connectivity index (χ1n) is 9.99. The molecule has 3 aromatic rings. The maximum absolute atomic E-state index is 13.3. The van der Waals surface area contributed by atoms with Gasteiger partial charge in [-0.05, 0) is 42.8 Å². The third kappa shape index (κ3) is 3.94. The van der Waals surface area contributed by atoms with Crippen LogP contribution in [0, 0.1) is 0 Å². The summed E-state index contributed by atoms with van der Waals surface area (Å²) >= 11 is 1.22. The van der Waals surface area contributed by atoms with Crippen molar-refractivity contribution in [2.24, 2.45) is 9.50 Å². The minimum atomic E-state index is -4.04. The molecule has 0 bridgehead atoms. The largest absolute Gasteiger partial charge is 0.505 e. The second-order valence-electron chi connectivity index (χ2n) is 7.15. The molecule has 1 aliphatic heterocycles. The van der Waals surface area contributed by atoms with Gasteiger partial charge in [-0.3, -0.25) is 4.79 Å². The minimum absolute atomic E-state index is 0.00223. The second kappa shape index (κ2) is 8.85. The van der Waals surface area contributed by atoms with Crippen LogP contribution in [0.15, 0.2) is 54.9 Å². The lowest BCUT2D eigenvalue weighted by molar-refractivity contribution is 0.0941. The molecule has 0 aliphatic carbocycles. The number of hydrogen-bond acceptors (Lipinski definition) is 8. The topological polar surface area (TPSA) is 122 Å². The number of hydrogen-bond donors (Lipinski definition) is 2. The van der Waals surface area contributed by atoms with E-state index in [2.05, 4.69) is 14.8 Å². The molecule has 2 N–H and O–H groups in total. The Labute approximate surface area is 188 Å². The molecule has 1 unspecified atom stereocenters. The van der Waals surface area contributed by atoms with E-state index in [0.29, 0.717) is 16.6 Å². The number of fused-ring (bicyclic) bond motifs is 2. The molecule has 4 rings (SSSR count). The summed E-state index contributed by atoms with van der Waals surface area (Å²) in [4.78, 5) is 13.3. The van der Waals surface area contributed by atoms with Gasteiger partial charge >= 0.3 is 0 Å². The van der Waals surface area contributed by atoms with E-state index in [1.165, 1.54) is 17.4 Å². The summed E-state index contributed by atoms with van der Waals surface area (Å²) in [6.07, 6.45) is 3.90. The second-order valence-corrected chi connectivity index (χ2v) is 9.64. The van der Waals surface area contributed by atoms with Crippen molar-refractivity contribution in [2.45, 2.75) is 37.2 Å². The van der Waals surface area contributed by atoms with Crippen molar-refractivity contribution in [3.63, 3.8) is 0 Å². The van der Waals surface area contributed by atoms with Crippen molar-refractivity contribution in [1.82, 2.24) is 4.68 Å². The molecule has 0 saturated heterocycles. The Bertz CT molecular complexity index is 1380. The summed E-state index contributed by atoms with van der Waals surface area (Å²) in [5.41, 5.74) is -0.221. The van der Waals surface area contributed by atoms with Gasteiger partial charge in [0.2, 0.25) is 0 Å². The smallest absolute Gasteiger partial charge is 0.286 e. The van der Waals surface area contributed by atoms with Gasteiger partial charge < -0.3 is 15.2 Å². The van der Waals surface area contributed by atoms with Gasteiger partial charge in [-0.2, -0.15) is 18.2 Å². The van der Waals surface area contributed by atoms with E-state index < -0.39 is 15.6 Å². The number of methoxy groups -OCH3 is 1. The Morgan fingerprint density at radius 1 is 1.34 bits per heavy atom. The summed E-state index contributed by atoms with van der Waals surface area (Å²) in [7, 11) is -2.39. The molecule has 11 heteroatoms. The number of rotatable bonds is 7. The number of amidine groups is 1. The third-order valence-corrected chi connectivity index (χ3v) is 7.45. The molecule has 32 heavy (non-hydrogen) atoms. The van der Waals surface area contributed by atoms with Crippen LogP contribution in [-0.4, -0.2) is 43.5 Å². The summed E-state index contributed by atoms with van der Waals surface area (Å²) in [5.74, 6) is -0.575. The van der Waals surface area contributed by atoms with Gasteiger partial charge in [0.1, 0.15) is 10.5 Å². The van der Waals surface area contributed by atoms with E-state index in [0.717, 1.165) is 17.5 Å². The number of pyridine rings is 1. The Hall–Kier alpha value is -3.02. The van der Waals surface area contributed by atoms with E-state index in [1.54, 1.807) is 43.0 Å². The Kier molecular flexibility index (Phi) is 6.13.